The van der Waals surface area contributed by atoms with Gasteiger partial charge in [0.25, 0.3) is 0 Å². The fourth-order valence-electron chi connectivity index (χ4n) is 4.20. The van der Waals surface area contributed by atoms with Crippen LogP contribution in [0.5, 0.6) is 5.88 Å². The summed E-state index contributed by atoms with van der Waals surface area (Å²) in [5, 5.41) is 20.1. The van der Waals surface area contributed by atoms with Crippen molar-refractivity contribution in [3.05, 3.63) is 83.6 Å². The van der Waals surface area contributed by atoms with E-state index in [1.807, 2.05) is 56.6 Å². The molecule has 0 saturated heterocycles. The van der Waals surface area contributed by atoms with E-state index in [0.717, 1.165) is 44.3 Å². The number of anilines is 2. The second kappa shape index (κ2) is 11.2. The molecule has 0 radical (unpaired) electrons. The molecule has 0 aliphatic carbocycles. The molecule has 40 heavy (non-hydrogen) atoms. The van der Waals surface area contributed by atoms with E-state index in [0.29, 0.717) is 29.0 Å². The second-order valence-electron chi connectivity index (χ2n) is 9.58. The highest BCUT2D eigenvalue weighted by Crippen LogP contribution is 2.32. The predicted octanol–water partition coefficient (Wildman–Crippen LogP) is 5.13. The molecule has 10 nitrogen and oxygen atoms in total. The van der Waals surface area contributed by atoms with Crippen LogP contribution in [-0.4, -0.2) is 68.3 Å². The van der Waals surface area contributed by atoms with Gasteiger partial charge >= 0.3 is 0 Å². The van der Waals surface area contributed by atoms with Crippen LogP contribution in [0.4, 0.5) is 11.5 Å². The van der Waals surface area contributed by atoms with Crippen LogP contribution in [-0.2, 0) is 6.42 Å². The molecule has 4 aromatic heterocycles. The minimum absolute atomic E-state index is 0.0457. The van der Waals surface area contributed by atoms with Gasteiger partial charge in [-0.2, -0.15) is 20.3 Å². The van der Waals surface area contributed by atoms with Crippen molar-refractivity contribution in [3.63, 3.8) is 0 Å². The number of ketones is 1. The molecule has 0 saturated carbocycles. The standard InChI is InChI=1S/C29H26N8O2S/c1-37(2)9-10-39-28-15-27(33-22-5-6-23-21(12-22)17-32-36-23)34-29(35-28)20-4-3-19-13-26(40-25(19)14-20)24(38)11-18-7-8-30-31-16-18/h3-8,12-17H,9-11H2,1-2H3,(H,32,36)(H,33,34,35). The molecule has 0 aliphatic rings. The number of benzene rings is 2. The molecule has 200 valence electrons. The van der Waals surface area contributed by atoms with E-state index in [1.165, 1.54) is 11.3 Å². The van der Waals surface area contributed by atoms with Crippen LogP contribution in [0.25, 0.3) is 32.4 Å². The van der Waals surface area contributed by atoms with Gasteiger partial charge in [-0.1, -0.05) is 12.1 Å². The maximum absolute atomic E-state index is 12.9. The Labute approximate surface area is 234 Å². The van der Waals surface area contributed by atoms with E-state index in [1.54, 1.807) is 30.7 Å². The lowest BCUT2D eigenvalue weighted by atomic mass is 10.1. The van der Waals surface area contributed by atoms with Gasteiger partial charge in [0.05, 0.1) is 22.8 Å². The van der Waals surface area contributed by atoms with Crippen LogP contribution < -0.4 is 10.1 Å². The lowest BCUT2D eigenvalue weighted by Gasteiger charge is -2.13. The lowest BCUT2D eigenvalue weighted by Crippen LogP contribution is -2.19. The van der Waals surface area contributed by atoms with Crippen molar-refractivity contribution in [1.82, 2.24) is 35.3 Å². The largest absolute Gasteiger partial charge is 0.476 e. The number of likely N-dealkylation sites (N-methyl/N-ethyl adjacent to an activating group) is 1. The Bertz CT molecular complexity index is 1800. The van der Waals surface area contributed by atoms with Crippen LogP contribution in [0.3, 0.4) is 0 Å². The quantitative estimate of drug-likeness (QED) is 0.223. The molecule has 0 aliphatic heterocycles. The van der Waals surface area contributed by atoms with Gasteiger partial charge in [0.2, 0.25) is 5.88 Å². The van der Waals surface area contributed by atoms with Crippen molar-refractivity contribution in [3.8, 4) is 17.3 Å². The third kappa shape index (κ3) is 5.80. The van der Waals surface area contributed by atoms with Gasteiger partial charge in [0.1, 0.15) is 12.4 Å². The molecule has 0 atom stereocenters. The fourth-order valence-corrected chi connectivity index (χ4v) is 5.24. The average molecular weight is 551 g/mol. The Hall–Kier alpha value is -4.74. The first-order valence-corrected chi connectivity index (χ1v) is 13.5. The topological polar surface area (TPSA) is 122 Å². The summed E-state index contributed by atoms with van der Waals surface area (Å²) in [6.45, 7) is 1.25. The molecule has 4 heterocycles. The Morgan fingerprint density at radius 1 is 1.00 bits per heavy atom. The third-order valence-electron chi connectivity index (χ3n) is 6.27. The first-order chi connectivity index (χ1) is 19.5. The molecule has 2 N–H and O–H groups in total. The first kappa shape index (κ1) is 25.5. The van der Waals surface area contributed by atoms with Crippen LogP contribution in [0.2, 0.25) is 0 Å². The summed E-state index contributed by atoms with van der Waals surface area (Å²) in [6.07, 6.45) is 5.28. The molecule has 0 fully saturated rings. The van der Waals surface area contributed by atoms with E-state index < -0.39 is 0 Å². The normalized spacial score (nSPS) is 11.4. The smallest absolute Gasteiger partial charge is 0.219 e. The summed E-state index contributed by atoms with van der Waals surface area (Å²) in [6, 6.07) is 17.5. The highest BCUT2D eigenvalue weighted by Gasteiger charge is 2.14. The molecule has 6 aromatic rings. The van der Waals surface area contributed by atoms with Crippen LogP contribution >= 0.6 is 11.3 Å². The lowest BCUT2D eigenvalue weighted by molar-refractivity contribution is 0.0996. The van der Waals surface area contributed by atoms with Gasteiger partial charge in [-0.05, 0) is 61.4 Å². The summed E-state index contributed by atoms with van der Waals surface area (Å²) >= 11 is 1.46. The van der Waals surface area contributed by atoms with Crippen LogP contribution in [0.1, 0.15) is 15.2 Å². The number of carbonyl (C=O) groups excluding carboxylic acids is 1. The Balaban J connectivity index is 1.30. The van der Waals surface area contributed by atoms with Crippen LogP contribution in [0.15, 0.2) is 73.2 Å². The maximum atomic E-state index is 12.9. The highest BCUT2D eigenvalue weighted by atomic mass is 32.1. The molecule has 0 bridgehead atoms. The summed E-state index contributed by atoms with van der Waals surface area (Å²) in [5.41, 5.74) is 3.50. The first-order valence-electron chi connectivity index (χ1n) is 12.7. The highest BCUT2D eigenvalue weighted by molar-refractivity contribution is 7.20. The van der Waals surface area contributed by atoms with E-state index in [2.05, 4.69) is 30.6 Å². The van der Waals surface area contributed by atoms with E-state index in [9.17, 15) is 4.79 Å². The molecular formula is C29H26N8O2S. The SMILES string of the molecule is CN(C)CCOc1cc(Nc2ccc3[nH]ncc3c2)nc(-c2ccc3cc(C(=O)Cc4ccnnc4)sc3c2)n1. The van der Waals surface area contributed by atoms with Gasteiger partial charge in [-0.3, -0.25) is 9.89 Å². The minimum atomic E-state index is 0.0457. The van der Waals surface area contributed by atoms with Gasteiger partial charge in [0, 0.05) is 46.6 Å². The fraction of sp³-hybridized carbons (Fsp3) is 0.172. The van der Waals surface area contributed by atoms with Crippen molar-refractivity contribution in [2.24, 2.45) is 0 Å². The van der Waals surface area contributed by atoms with Crippen LogP contribution in [0, 0.1) is 0 Å². The van der Waals surface area contributed by atoms with Crippen molar-refractivity contribution in [2.75, 3.05) is 32.6 Å². The second-order valence-corrected chi connectivity index (χ2v) is 10.7. The minimum Gasteiger partial charge on any atom is -0.476 e. The monoisotopic (exact) mass is 550 g/mol. The van der Waals surface area contributed by atoms with Gasteiger partial charge in [0.15, 0.2) is 11.6 Å². The number of rotatable bonds is 10. The number of aromatic amines is 1. The Morgan fingerprint density at radius 3 is 2.77 bits per heavy atom. The van der Waals surface area contributed by atoms with E-state index in [-0.39, 0.29) is 12.2 Å². The molecule has 11 heteroatoms. The number of thiophene rings is 1. The number of Topliss-reactive ketones (excluding diaryl/α,β-unsaturated/α-hetero) is 1. The molecule has 0 amide bonds. The van der Waals surface area contributed by atoms with Gasteiger partial charge < -0.3 is 15.0 Å². The summed E-state index contributed by atoms with van der Waals surface area (Å²) in [7, 11) is 3.99. The Morgan fingerprint density at radius 2 is 1.93 bits per heavy atom. The van der Waals surface area contributed by atoms with Crippen molar-refractivity contribution in [1.29, 1.82) is 0 Å². The number of hydrogen-bond acceptors (Lipinski definition) is 10. The van der Waals surface area contributed by atoms with Crippen molar-refractivity contribution < 1.29 is 9.53 Å². The number of carbonyl (C=O) groups is 1. The zero-order valence-electron chi connectivity index (χ0n) is 22.0. The van der Waals surface area contributed by atoms with Crippen molar-refractivity contribution >= 4 is 49.6 Å². The maximum Gasteiger partial charge on any atom is 0.219 e. The van der Waals surface area contributed by atoms with E-state index in [4.69, 9.17) is 14.7 Å². The summed E-state index contributed by atoms with van der Waals surface area (Å²) in [5.74, 6) is 1.66. The molecule has 2 aromatic carbocycles. The summed E-state index contributed by atoms with van der Waals surface area (Å²) < 4.78 is 6.98. The number of nitrogens with zero attached hydrogens (tertiary/aromatic N) is 6. The molecular weight excluding hydrogens is 524 g/mol. The molecule has 0 unspecified atom stereocenters. The van der Waals surface area contributed by atoms with Gasteiger partial charge in [-0.15, -0.1) is 11.3 Å². The number of nitrogens with one attached hydrogen (secondary N) is 2. The zero-order chi connectivity index (χ0) is 27.5. The predicted molar refractivity (Wildman–Crippen MR) is 156 cm³/mol. The van der Waals surface area contributed by atoms with Gasteiger partial charge in [-0.25, -0.2) is 4.98 Å². The molecule has 6 rings (SSSR count). The Kier molecular flexibility index (Phi) is 7.13. The number of H-pyrrole nitrogens is 1. The number of fused-ring (bicyclic) bond motifs is 2. The zero-order valence-corrected chi connectivity index (χ0v) is 22.8. The van der Waals surface area contributed by atoms with Crippen molar-refractivity contribution in [2.45, 2.75) is 6.42 Å². The average Bonchev–Trinajstić information content (AvgIpc) is 3.60. The number of hydrogen-bond donors (Lipinski definition) is 2. The number of ether oxygens (including phenoxy) is 1. The third-order valence-corrected chi connectivity index (χ3v) is 7.41. The molecule has 0 spiro atoms. The summed E-state index contributed by atoms with van der Waals surface area (Å²) in [4.78, 5) is 25.2. The van der Waals surface area contributed by atoms with E-state index >= 15 is 0 Å². The number of aromatic nitrogens is 6.